The van der Waals surface area contributed by atoms with E-state index < -0.39 is 0 Å². The molecule has 0 radical (unpaired) electrons. The Balaban J connectivity index is 2.47. The van der Waals surface area contributed by atoms with Crippen LogP contribution < -0.4 is 10.6 Å². The molecule has 2 aromatic rings. The minimum Gasteiger partial charge on any atom is -0.368 e. The van der Waals surface area contributed by atoms with E-state index in [4.69, 9.17) is 17.3 Å². The van der Waals surface area contributed by atoms with Gasteiger partial charge in [-0.05, 0) is 12.1 Å². The Kier molecular flexibility index (Phi) is 3.10. The van der Waals surface area contributed by atoms with E-state index in [9.17, 15) is 4.39 Å². The average molecular weight is 253 g/mol. The highest BCUT2D eigenvalue weighted by Crippen LogP contribution is 2.29. The van der Waals surface area contributed by atoms with Crippen LogP contribution in [-0.4, -0.2) is 17.0 Å². The Bertz CT molecular complexity index is 547. The van der Waals surface area contributed by atoms with Gasteiger partial charge in [0.1, 0.15) is 10.8 Å². The zero-order chi connectivity index (χ0) is 12.4. The quantitative estimate of drug-likeness (QED) is 0.893. The third-order valence-electron chi connectivity index (χ3n) is 2.28. The number of hydrogen-bond acceptors (Lipinski definition) is 4. The van der Waals surface area contributed by atoms with Crippen LogP contribution in [0.15, 0.2) is 30.5 Å². The van der Waals surface area contributed by atoms with Gasteiger partial charge in [0, 0.05) is 7.05 Å². The van der Waals surface area contributed by atoms with Crippen molar-refractivity contribution in [2.75, 3.05) is 17.7 Å². The zero-order valence-electron chi connectivity index (χ0n) is 9.06. The molecule has 0 saturated carbocycles. The first-order valence-corrected chi connectivity index (χ1v) is 5.23. The first kappa shape index (κ1) is 11.6. The topological polar surface area (TPSA) is 55.0 Å². The van der Waals surface area contributed by atoms with Crippen molar-refractivity contribution in [2.45, 2.75) is 0 Å². The molecule has 0 atom stereocenters. The third-order valence-corrected chi connectivity index (χ3v) is 2.54. The van der Waals surface area contributed by atoms with Gasteiger partial charge in [-0.25, -0.2) is 9.37 Å². The zero-order valence-corrected chi connectivity index (χ0v) is 9.82. The Labute approximate surface area is 103 Å². The third kappa shape index (κ3) is 2.29. The van der Waals surface area contributed by atoms with Gasteiger partial charge in [-0.15, -0.1) is 0 Å². The van der Waals surface area contributed by atoms with Crippen LogP contribution >= 0.6 is 11.6 Å². The summed E-state index contributed by atoms with van der Waals surface area (Å²) in [5, 5.41) is 0.310. The molecule has 0 spiro atoms. The molecule has 0 bridgehead atoms. The Morgan fingerprint density at radius 1 is 1.35 bits per heavy atom. The molecule has 88 valence electrons. The summed E-state index contributed by atoms with van der Waals surface area (Å²) in [6.07, 6.45) is 1.39. The van der Waals surface area contributed by atoms with E-state index in [1.807, 2.05) is 0 Å². The highest BCUT2D eigenvalue weighted by atomic mass is 35.5. The minimum atomic E-state index is -0.358. The van der Waals surface area contributed by atoms with Gasteiger partial charge in [-0.3, -0.25) is 0 Å². The predicted octanol–water partition coefficient (Wildman–Crippen LogP) is 2.62. The van der Waals surface area contributed by atoms with Gasteiger partial charge in [-0.2, -0.15) is 4.98 Å². The van der Waals surface area contributed by atoms with E-state index in [0.29, 0.717) is 16.5 Å². The lowest BCUT2D eigenvalue weighted by Crippen LogP contribution is -2.14. The molecular weight excluding hydrogens is 243 g/mol. The van der Waals surface area contributed by atoms with Crippen molar-refractivity contribution in [1.82, 2.24) is 9.97 Å². The maximum atomic E-state index is 13.6. The number of anilines is 3. The second-order valence-electron chi connectivity index (χ2n) is 3.41. The first-order chi connectivity index (χ1) is 8.09. The fourth-order valence-corrected chi connectivity index (χ4v) is 1.66. The summed E-state index contributed by atoms with van der Waals surface area (Å²) in [4.78, 5) is 9.26. The molecule has 0 fully saturated rings. The maximum absolute atomic E-state index is 13.6. The Hall–Kier alpha value is -1.88. The van der Waals surface area contributed by atoms with Crippen molar-refractivity contribution < 1.29 is 4.39 Å². The number of aromatic nitrogens is 2. The summed E-state index contributed by atoms with van der Waals surface area (Å²) >= 11 is 5.95. The summed E-state index contributed by atoms with van der Waals surface area (Å²) < 4.78 is 13.6. The average Bonchev–Trinajstić information content (AvgIpc) is 2.32. The van der Waals surface area contributed by atoms with E-state index >= 15 is 0 Å². The van der Waals surface area contributed by atoms with Crippen molar-refractivity contribution in [3.63, 3.8) is 0 Å². The molecule has 1 heterocycles. The van der Waals surface area contributed by atoms with Gasteiger partial charge >= 0.3 is 0 Å². The first-order valence-electron chi connectivity index (χ1n) is 4.86. The summed E-state index contributed by atoms with van der Waals surface area (Å²) in [6, 6.07) is 6.34. The molecule has 1 aromatic heterocycles. The van der Waals surface area contributed by atoms with Crippen molar-refractivity contribution in [3.8, 4) is 0 Å². The second kappa shape index (κ2) is 4.55. The molecule has 0 saturated heterocycles. The largest absolute Gasteiger partial charge is 0.368 e. The number of halogens is 2. The predicted molar refractivity (Wildman–Crippen MR) is 65.9 cm³/mol. The highest BCUT2D eigenvalue weighted by Gasteiger charge is 2.13. The van der Waals surface area contributed by atoms with Gasteiger partial charge < -0.3 is 10.6 Å². The molecule has 2 rings (SSSR count). The number of benzene rings is 1. The van der Waals surface area contributed by atoms with Gasteiger partial charge in [0.05, 0.1) is 11.9 Å². The molecule has 1 aromatic carbocycles. The monoisotopic (exact) mass is 252 g/mol. The van der Waals surface area contributed by atoms with Gasteiger partial charge in [0.25, 0.3) is 0 Å². The molecule has 0 amide bonds. The number of hydrogen-bond donors (Lipinski definition) is 1. The fraction of sp³-hybridized carbons (Fsp3) is 0.0909. The van der Waals surface area contributed by atoms with E-state index in [0.717, 1.165) is 0 Å². The van der Waals surface area contributed by atoms with Gasteiger partial charge in [0.15, 0.2) is 5.82 Å². The van der Waals surface area contributed by atoms with Gasteiger partial charge in [-0.1, -0.05) is 23.7 Å². The Morgan fingerprint density at radius 2 is 2.06 bits per heavy atom. The highest BCUT2D eigenvalue weighted by molar-refractivity contribution is 6.33. The minimum absolute atomic E-state index is 0.0904. The number of nitrogen functional groups attached to an aromatic ring is 1. The van der Waals surface area contributed by atoms with Crippen LogP contribution in [0.2, 0.25) is 5.02 Å². The maximum Gasteiger partial charge on any atom is 0.222 e. The van der Waals surface area contributed by atoms with Crippen LogP contribution in [0, 0.1) is 5.82 Å². The van der Waals surface area contributed by atoms with E-state index in [1.165, 1.54) is 17.2 Å². The summed E-state index contributed by atoms with van der Waals surface area (Å²) in [6.45, 7) is 0. The Morgan fingerprint density at radius 3 is 2.76 bits per heavy atom. The lowest BCUT2D eigenvalue weighted by Gasteiger charge is -2.19. The second-order valence-corrected chi connectivity index (χ2v) is 3.82. The molecule has 0 aliphatic rings. The number of nitrogens with two attached hydrogens (primary N) is 1. The summed E-state index contributed by atoms with van der Waals surface area (Å²) in [7, 11) is 1.66. The molecule has 2 N–H and O–H groups in total. The van der Waals surface area contributed by atoms with Crippen molar-refractivity contribution >= 4 is 29.1 Å². The van der Waals surface area contributed by atoms with E-state index in [2.05, 4.69) is 9.97 Å². The lowest BCUT2D eigenvalue weighted by molar-refractivity contribution is 0.627. The summed E-state index contributed by atoms with van der Waals surface area (Å²) in [5.74, 6) is 0.0973. The van der Waals surface area contributed by atoms with Crippen LogP contribution in [0.4, 0.5) is 21.8 Å². The molecule has 0 unspecified atom stereocenters. The van der Waals surface area contributed by atoms with E-state index in [-0.39, 0.29) is 11.8 Å². The standard InChI is InChI=1S/C11H10ClFN4/c1-17(9-5-3-2-4-8(9)13)10-7(12)6-15-11(14)16-10/h2-6H,1H3,(H2,14,15,16). The van der Waals surface area contributed by atoms with Crippen LogP contribution in [0.5, 0.6) is 0 Å². The molecule has 0 aliphatic heterocycles. The van der Waals surface area contributed by atoms with Gasteiger partial charge in [0.2, 0.25) is 5.95 Å². The smallest absolute Gasteiger partial charge is 0.222 e. The van der Waals surface area contributed by atoms with Crippen LogP contribution in [0.1, 0.15) is 0 Å². The number of rotatable bonds is 2. The molecule has 4 nitrogen and oxygen atoms in total. The lowest BCUT2D eigenvalue weighted by atomic mass is 10.3. The normalized spacial score (nSPS) is 10.3. The summed E-state index contributed by atoms with van der Waals surface area (Å²) in [5.41, 5.74) is 5.85. The molecule has 6 heteroatoms. The number of nitrogens with zero attached hydrogens (tertiary/aromatic N) is 3. The van der Waals surface area contributed by atoms with Crippen molar-refractivity contribution in [3.05, 3.63) is 41.3 Å². The van der Waals surface area contributed by atoms with Crippen LogP contribution in [-0.2, 0) is 0 Å². The van der Waals surface area contributed by atoms with Crippen LogP contribution in [0.25, 0.3) is 0 Å². The van der Waals surface area contributed by atoms with Crippen molar-refractivity contribution in [1.29, 1.82) is 0 Å². The molecule has 0 aliphatic carbocycles. The molecule has 17 heavy (non-hydrogen) atoms. The van der Waals surface area contributed by atoms with Crippen molar-refractivity contribution in [2.24, 2.45) is 0 Å². The van der Waals surface area contributed by atoms with E-state index in [1.54, 1.807) is 25.2 Å². The number of para-hydroxylation sites is 1. The van der Waals surface area contributed by atoms with Crippen LogP contribution in [0.3, 0.4) is 0 Å². The SMILES string of the molecule is CN(c1ccccc1F)c1nc(N)ncc1Cl. The molecular formula is C11H10ClFN4. The fourth-order valence-electron chi connectivity index (χ4n) is 1.44.